The Hall–Kier alpha value is -2.21. The SMILES string of the molecule is Cc1csc2c(=O)n(Cc3cccc(N)n3)cnc12. The summed E-state index contributed by atoms with van der Waals surface area (Å²) in [6.07, 6.45) is 1.56. The second-order valence-corrected chi connectivity index (χ2v) is 5.21. The smallest absolute Gasteiger partial charge is 0.271 e. The molecule has 0 saturated carbocycles. The first-order chi connectivity index (χ1) is 9.15. The number of hydrogen-bond acceptors (Lipinski definition) is 5. The molecular weight excluding hydrogens is 260 g/mol. The molecule has 0 aliphatic carbocycles. The Kier molecular flexibility index (Phi) is 2.79. The number of aryl methyl sites for hydroxylation is 1. The van der Waals surface area contributed by atoms with E-state index in [4.69, 9.17) is 5.73 Å². The number of nitrogens with two attached hydrogens (primary N) is 1. The van der Waals surface area contributed by atoms with Crippen LogP contribution < -0.4 is 11.3 Å². The minimum absolute atomic E-state index is 0.0349. The van der Waals surface area contributed by atoms with Crippen molar-refractivity contribution in [2.75, 3.05) is 5.73 Å². The van der Waals surface area contributed by atoms with Crippen LogP contribution in [0.15, 0.2) is 34.7 Å². The summed E-state index contributed by atoms with van der Waals surface area (Å²) in [6, 6.07) is 5.38. The van der Waals surface area contributed by atoms with Crippen LogP contribution >= 0.6 is 11.3 Å². The number of nitrogens with zero attached hydrogens (tertiary/aromatic N) is 3. The fourth-order valence-electron chi connectivity index (χ4n) is 1.93. The minimum Gasteiger partial charge on any atom is -0.384 e. The molecule has 96 valence electrons. The van der Waals surface area contributed by atoms with Crippen molar-refractivity contribution < 1.29 is 0 Å². The quantitative estimate of drug-likeness (QED) is 0.772. The number of thiophene rings is 1. The van der Waals surface area contributed by atoms with Gasteiger partial charge in [0, 0.05) is 0 Å². The van der Waals surface area contributed by atoms with E-state index in [9.17, 15) is 4.79 Å². The third-order valence-electron chi connectivity index (χ3n) is 2.88. The second-order valence-electron chi connectivity index (χ2n) is 4.33. The molecule has 0 aliphatic heterocycles. The molecule has 2 N–H and O–H groups in total. The summed E-state index contributed by atoms with van der Waals surface area (Å²) in [7, 11) is 0. The lowest BCUT2D eigenvalue weighted by atomic mass is 10.3. The van der Waals surface area contributed by atoms with Gasteiger partial charge in [-0.15, -0.1) is 11.3 Å². The van der Waals surface area contributed by atoms with E-state index in [0.717, 1.165) is 16.8 Å². The fourth-order valence-corrected chi connectivity index (χ4v) is 2.88. The van der Waals surface area contributed by atoms with Crippen LogP contribution in [0.5, 0.6) is 0 Å². The molecule has 0 bridgehead atoms. The maximum atomic E-state index is 12.3. The van der Waals surface area contributed by atoms with Crippen molar-refractivity contribution in [3.8, 4) is 0 Å². The van der Waals surface area contributed by atoms with Gasteiger partial charge in [0.25, 0.3) is 5.56 Å². The van der Waals surface area contributed by atoms with Gasteiger partial charge >= 0.3 is 0 Å². The third-order valence-corrected chi connectivity index (χ3v) is 3.96. The summed E-state index contributed by atoms with van der Waals surface area (Å²) >= 11 is 1.43. The summed E-state index contributed by atoms with van der Waals surface area (Å²) in [5.74, 6) is 0.451. The summed E-state index contributed by atoms with van der Waals surface area (Å²) in [5, 5.41) is 1.95. The number of aromatic nitrogens is 3. The molecule has 3 aromatic heterocycles. The predicted octanol–water partition coefficient (Wildman–Crippen LogP) is 1.79. The van der Waals surface area contributed by atoms with Crippen molar-refractivity contribution in [2.45, 2.75) is 13.5 Å². The Labute approximate surface area is 113 Å². The summed E-state index contributed by atoms with van der Waals surface area (Å²) < 4.78 is 2.24. The molecule has 0 atom stereocenters. The van der Waals surface area contributed by atoms with Crippen LogP contribution in [0.2, 0.25) is 0 Å². The monoisotopic (exact) mass is 272 g/mol. The normalized spacial score (nSPS) is 11.0. The van der Waals surface area contributed by atoms with Crippen LogP contribution in [0.1, 0.15) is 11.3 Å². The number of nitrogen functional groups attached to an aromatic ring is 1. The average molecular weight is 272 g/mol. The molecule has 3 rings (SSSR count). The van der Waals surface area contributed by atoms with Crippen molar-refractivity contribution in [1.82, 2.24) is 14.5 Å². The van der Waals surface area contributed by atoms with Gasteiger partial charge in [0.1, 0.15) is 10.5 Å². The highest BCUT2D eigenvalue weighted by Gasteiger charge is 2.09. The Morgan fingerprint density at radius 3 is 3.05 bits per heavy atom. The van der Waals surface area contributed by atoms with Gasteiger partial charge in [-0.25, -0.2) is 9.97 Å². The van der Waals surface area contributed by atoms with E-state index < -0.39 is 0 Å². The molecule has 0 radical (unpaired) electrons. The van der Waals surface area contributed by atoms with Crippen LogP contribution in [0.3, 0.4) is 0 Å². The molecule has 0 amide bonds. The zero-order valence-electron chi connectivity index (χ0n) is 10.3. The van der Waals surface area contributed by atoms with Gasteiger partial charge in [-0.3, -0.25) is 9.36 Å². The molecule has 0 saturated heterocycles. The fraction of sp³-hybridized carbons (Fsp3) is 0.154. The van der Waals surface area contributed by atoms with E-state index in [1.165, 1.54) is 11.3 Å². The Bertz CT molecular complexity index is 806. The first-order valence-corrected chi connectivity index (χ1v) is 6.68. The highest BCUT2D eigenvalue weighted by Crippen LogP contribution is 2.19. The van der Waals surface area contributed by atoms with Crippen molar-refractivity contribution >= 4 is 27.4 Å². The number of anilines is 1. The highest BCUT2D eigenvalue weighted by atomic mass is 32.1. The predicted molar refractivity (Wildman–Crippen MR) is 76.4 cm³/mol. The van der Waals surface area contributed by atoms with Crippen molar-refractivity contribution in [3.63, 3.8) is 0 Å². The molecule has 0 aliphatic rings. The van der Waals surface area contributed by atoms with Crippen LogP contribution in [0, 0.1) is 6.92 Å². The van der Waals surface area contributed by atoms with E-state index in [0.29, 0.717) is 17.1 Å². The first kappa shape index (κ1) is 11.9. The molecule has 3 heterocycles. The van der Waals surface area contributed by atoms with E-state index in [-0.39, 0.29) is 5.56 Å². The molecule has 5 nitrogen and oxygen atoms in total. The lowest BCUT2D eigenvalue weighted by molar-refractivity contribution is 0.732. The molecule has 3 aromatic rings. The van der Waals surface area contributed by atoms with Crippen molar-refractivity contribution in [1.29, 1.82) is 0 Å². The maximum absolute atomic E-state index is 12.3. The van der Waals surface area contributed by atoms with E-state index >= 15 is 0 Å². The Balaban J connectivity index is 2.06. The zero-order valence-corrected chi connectivity index (χ0v) is 11.1. The van der Waals surface area contributed by atoms with Gasteiger partial charge in [-0.2, -0.15) is 0 Å². The Morgan fingerprint density at radius 2 is 2.26 bits per heavy atom. The molecular formula is C13H12N4OS. The number of hydrogen-bond donors (Lipinski definition) is 1. The molecule has 0 aromatic carbocycles. The first-order valence-electron chi connectivity index (χ1n) is 5.80. The second kappa shape index (κ2) is 4.47. The van der Waals surface area contributed by atoms with E-state index in [1.54, 1.807) is 17.0 Å². The van der Waals surface area contributed by atoms with Crippen LogP contribution in [-0.2, 0) is 6.54 Å². The Morgan fingerprint density at radius 1 is 1.42 bits per heavy atom. The lowest BCUT2D eigenvalue weighted by Crippen LogP contribution is -2.20. The van der Waals surface area contributed by atoms with Gasteiger partial charge in [0.05, 0.1) is 24.1 Å². The molecule has 6 heteroatoms. The summed E-state index contributed by atoms with van der Waals surface area (Å²) in [5.41, 5.74) is 8.16. The molecule has 0 spiro atoms. The van der Waals surface area contributed by atoms with Crippen molar-refractivity contribution in [2.24, 2.45) is 0 Å². The number of pyridine rings is 1. The van der Waals surface area contributed by atoms with E-state index in [1.807, 2.05) is 24.4 Å². The summed E-state index contributed by atoms with van der Waals surface area (Å²) in [6.45, 7) is 2.33. The summed E-state index contributed by atoms with van der Waals surface area (Å²) in [4.78, 5) is 20.8. The van der Waals surface area contributed by atoms with Gasteiger partial charge in [0.2, 0.25) is 0 Å². The third kappa shape index (κ3) is 2.10. The van der Waals surface area contributed by atoms with Gasteiger partial charge in [0.15, 0.2) is 0 Å². The number of fused-ring (bicyclic) bond motifs is 1. The van der Waals surface area contributed by atoms with E-state index in [2.05, 4.69) is 9.97 Å². The van der Waals surface area contributed by atoms with Crippen LogP contribution in [-0.4, -0.2) is 14.5 Å². The molecule has 19 heavy (non-hydrogen) atoms. The number of rotatable bonds is 2. The van der Waals surface area contributed by atoms with Gasteiger partial charge < -0.3 is 5.73 Å². The van der Waals surface area contributed by atoms with Gasteiger partial charge in [-0.1, -0.05) is 6.07 Å². The zero-order chi connectivity index (χ0) is 13.4. The van der Waals surface area contributed by atoms with Crippen molar-refractivity contribution in [3.05, 3.63) is 51.5 Å². The molecule has 0 unspecified atom stereocenters. The van der Waals surface area contributed by atoms with Crippen LogP contribution in [0.25, 0.3) is 10.2 Å². The largest absolute Gasteiger partial charge is 0.384 e. The molecule has 0 fully saturated rings. The lowest BCUT2D eigenvalue weighted by Gasteiger charge is -2.05. The standard InChI is InChI=1S/C13H12N4OS/c1-8-6-19-12-11(8)15-7-17(13(12)18)5-9-3-2-4-10(14)16-9/h2-4,6-7H,5H2,1H3,(H2,14,16). The van der Waals surface area contributed by atoms with Gasteiger partial charge in [-0.05, 0) is 30.0 Å². The maximum Gasteiger partial charge on any atom is 0.271 e. The van der Waals surface area contributed by atoms with Crippen LogP contribution in [0.4, 0.5) is 5.82 Å². The minimum atomic E-state index is -0.0349. The topological polar surface area (TPSA) is 73.8 Å². The average Bonchev–Trinajstić information content (AvgIpc) is 2.76. The highest BCUT2D eigenvalue weighted by molar-refractivity contribution is 7.17.